The topological polar surface area (TPSA) is 87.2 Å². The van der Waals surface area contributed by atoms with Crippen molar-refractivity contribution in [2.75, 3.05) is 69.4 Å². The van der Waals surface area contributed by atoms with Crippen LogP contribution in [0.25, 0.3) is 11.1 Å². The largest absolute Gasteiger partial charge is 0.379 e. The molecule has 0 spiro atoms. The Hall–Kier alpha value is -4.09. The van der Waals surface area contributed by atoms with E-state index < -0.39 is 6.04 Å². The number of carbonyl (C=O) groups is 2. The summed E-state index contributed by atoms with van der Waals surface area (Å²) in [5.41, 5.74) is 5.85. The predicted octanol–water partition coefficient (Wildman–Crippen LogP) is 6.74. The number of nitrogens with one attached hydrogen (secondary N) is 1. The number of rotatable bonds is 14. The Morgan fingerprint density at radius 3 is 2.31 bits per heavy atom. The summed E-state index contributed by atoms with van der Waals surface area (Å²) in [4.78, 5) is 38.1. The first-order valence-corrected chi connectivity index (χ1v) is 18.1. The first kappa shape index (κ1) is 34.8. The number of thiazole rings is 1. The molecule has 2 aliphatic rings. The van der Waals surface area contributed by atoms with Crippen LogP contribution in [0, 0.1) is 5.41 Å². The zero-order valence-electron chi connectivity index (χ0n) is 28.8. The predicted molar refractivity (Wildman–Crippen MR) is 196 cm³/mol. The second-order valence-electron chi connectivity index (χ2n) is 13.9. The van der Waals surface area contributed by atoms with Crippen LogP contribution in [-0.2, 0) is 20.8 Å². The summed E-state index contributed by atoms with van der Waals surface area (Å²) >= 11 is 1.35. The highest BCUT2D eigenvalue weighted by Gasteiger charge is 2.38. The molecule has 6 rings (SSSR count). The van der Waals surface area contributed by atoms with Gasteiger partial charge in [0.05, 0.1) is 19.8 Å². The van der Waals surface area contributed by atoms with E-state index in [1.807, 2.05) is 47.8 Å². The van der Waals surface area contributed by atoms with Gasteiger partial charge in [-0.1, -0.05) is 75.4 Å². The maximum absolute atomic E-state index is 13.9. The Kier molecular flexibility index (Phi) is 11.4. The molecule has 0 saturated carbocycles. The van der Waals surface area contributed by atoms with Crippen molar-refractivity contribution in [3.8, 4) is 11.1 Å². The van der Waals surface area contributed by atoms with E-state index in [9.17, 15) is 9.59 Å². The van der Waals surface area contributed by atoms with Crippen molar-refractivity contribution < 1.29 is 19.1 Å². The smallest absolute Gasteiger partial charge is 0.255 e. The van der Waals surface area contributed by atoms with Gasteiger partial charge in [-0.3, -0.25) is 19.8 Å². The molecule has 0 radical (unpaired) electrons. The highest BCUT2D eigenvalue weighted by atomic mass is 32.1. The molecule has 0 aliphatic carbocycles. The number of benzene rings is 3. The average Bonchev–Trinajstić information content (AvgIpc) is 3.73. The molecule has 258 valence electrons. The normalized spacial score (nSPS) is 15.8. The summed E-state index contributed by atoms with van der Waals surface area (Å²) in [6.07, 6.45) is 2.71. The fourth-order valence-electron chi connectivity index (χ4n) is 6.27. The third kappa shape index (κ3) is 9.13. The SMILES string of the molecule is CC(C)(C)CCOCCOCCN1CCN(c2ccc(-c3ccc4c(c3)C(=O)N(C(C(=O)Nc3nccs3)c3ccccc3)C4)cc2)CC1. The monoisotopic (exact) mass is 681 g/mol. The Morgan fingerprint density at radius 1 is 0.898 bits per heavy atom. The number of piperazine rings is 1. The van der Waals surface area contributed by atoms with Crippen LogP contribution in [0.15, 0.2) is 84.4 Å². The standard InChI is InChI=1S/C39H47N5O4S/c1-39(2,3)15-22-47-24-25-48-23-21-42-17-19-43(20-18-42)33-13-11-29(12-14-33)31-9-10-32-28-44(37(46)34(32)27-31)35(30-7-5-4-6-8-30)36(45)41-38-40-16-26-49-38/h4-14,16,26-27,35H,15,17-25,28H2,1-3H3,(H,40,41,45). The van der Waals surface area contributed by atoms with Crippen molar-refractivity contribution in [3.05, 3.63) is 101 Å². The van der Waals surface area contributed by atoms with E-state index in [1.165, 1.54) is 17.0 Å². The number of hydrogen-bond donors (Lipinski definition) is 1. The summed E-state index contributed by atoms with van der Waals surface area (Å²) < 4.78 is 11.5. The van der Waals surface area contributed by atoms with Gasteiger partial charge in [-0.15, -0.1) is 11.3 Å². The molecule has 3 heterocycles. The van der Waals surface area contributed by atoms with Gasteiger partial charge >= 0.3 is 0 Å². The number of ether oxygens (including phenoxy) is 2. The fraction of sp³-hybridized carbons (Fsp3) is 0.410. The number of amides is 2. The molecule has 9 nitrogen and oxygen atoms in total. The van der Waals surface area contributed by atoms with Crippen LogP contribution < -0.4 is 10.2 Å². The second-order valence-corrected chi connectivity index (χ2v) is 14.8. The summed E-state index contributed by atoms with van der Waals surface area (Å²) in [6, 6.07) is 23.3. The molecule has 1 saturated heterocycles. The lowest BCUT2D eigenvalue weighted by Crippen LogP contribution is -2.47. The number of fused-ring (bicyclic) bond motifs is 1. The molecule has 2 aliphatic heterocycles. The Balaban J connectivity index is 1.01. The van der Waals surface area contributed by atoms with Crippen LogP contribution in [0.2, 0.25) is 0 Å². The fourth-order valence-corrected chi connectivity index (χ4v) is 6.80. The average molecular weight is 682 g/mol. The van der Waals surface area contributed by atoms with E-state index in [4.69, 9.17) is 9.47 Å². The minimum atomic E-state index is -0.774. The van der Waals surface area contributed by atoms with E-state index in [0.717, 1.165) is 74.6 Å². The van der Waals surface area contributed by atoms with Crippen molar-refractivity contribution in [2.45, 2.75) is 39.8 Å². The van der Waals surface area contributed by atoms with Gasteiger partial charge in [0.2, 0.25) is 0 Å². The molecule has 2 amide bonds. The molecular weight excluding hydrogens is 635 g/mol. The van der Waals surface area contributed by atoms with Crippen molar-refractivity contribution >= 4 is 34.0 Å². The van der Waals surface area contributed by atoms with Crippen molar-refractivity contribution in [1.29, 1.82) is 0 Å². The van der Waals surface area contributed by atoms with E-state index in [0.29, 0.717) is 35.9 Å². The van der Waals surface area contributed by atoms with E-state index in [2.05, 4.69) is 71.2 Å². The summed E-state index contributed by atoms with van der Waals surface area (Å²) in [7, 11) is 0. The first-order chi connectivity index (χ1) is 23.7. The maximum Gasteiger partial charge on any atom is 0.255 e. The lowest BCUT2D eigenvalue weighted by atomic mass is 9.93. The first-order valence-electron chi connectivity index (χ1n) is 17.2. The van der Waals surface area contributed by atoms with E-state index in [1.54, 1.807) is 11.1 Å². The van der Waals surface area contributed by atoms with Crippen LogP contribution in [0.5, 0.6) is 0 Å². The van der Waals surface area contributed by atoms with Crippen LogP contribution >= 0.6 is 11.3 Å². The van der Waals surface area contributed by atoms with Crippen LogP contribution in [0.3, 0.4) is 0 Å². The highest BCUT2D eigenvalue weighted by molar-refractivity contribution is 7.13. The second kappa shape index (κ2) is 16.1. The van der Waals surface area contributed by atoms with Crippen molar-refractivity contribution in [2.24, 2.45) is 5.41 Å². The third-order valence-electron chi connectivity index (χ3n) is 9.14. The molecule has 1 atom stereocenters. The quantitative estimate of drug-likeness (QED) is 0.148. The molecule has 1 aromatic heterocycles. The molecule has 10 heteroatoms. The highest BCUT2D eigenvalue weighted by Crippen LogP contribution is 2.35. The molecule has 3 aromatic carbocycles. The van der Waals surface area contributed by atoms with Gasteiger partial charge in [-0.05, 0) is 52.3 Å². The Bertz CT molecular complexity index is 1670. The van der Waals surface area contributed by atoms with Gasteiger partial charge in [0, 0.05) is 68.7 Å². The van der Waals surface area contributed by atoms with E-state index in [-0.39, 0.29) is 11.8 Å². The van der Waals surface area contributed by atoms with Crippen molar-refractivity contribution in [1.82, 2.24) is 14.8 Å². The minimum Gasteiger partial charge on any atom is -0.379 e. The van der Waals surface area contributed by atoms with Gasteiger partial charge in [0.15, 0.2) is 5.13 Å². The number of carbonyl (C=O) groups excluding carboxylic acids is 2. The number of nitrogens with zero attached hydrogens (tertiary/aromatic N) is 4. The van der Waals surface area contributed by atoms with Crippen LogP contribution in [0.4, 0.5) is 10.8 Å². The number of hydrogen-bond acceptors (Lipinski definition) is 8. The summed E-state index contributed by atoms with van der Waals surface area (Å²) in [5, 5.41) is 5.22. The molecule has 1 N–H and O–H groups in total. The zero-order valence-corrected chi connectivity index (χ0v) is 29.6. The van der Waals surface area contributed by atoms with Crippen molar-refractivity contribution in [3.63, 3.8) is 0 Å². The molecule has 1 unspecified atom stereocenters. The molecule has 1 fully saturated rings. The molecule has 0 bridgehead atoms. The Morgan fingerprint density at radius 2 is 1.61 bits per heavy atom. The van der Waals surface area contributed by atoms with Gasteiger partial charge in [-0.2, -0.15) is 0 Å². The van der Waals surface area contributed by atoms with Gasteiger partial charge in [0.25, 0.3) is 11.8 Å². The van der Waals surface area contributed by atoms with Gasteiger partial charge in [-0.25, -0.2) is 4.98 Å². The van der Waals surface area contributed by atoms with E-state index >= 15 is 0 Å². The van der Waals surface area contributed by atoms with Crippen LogP contribution in [0.1, 0.15) is 54.7 Å². The molecule has 4 aromatic rings. The minimum absolute atomic E-state index is 0.149. The summed E-state index contributed by atoms with van der Waals surface area (Å²) in [5.74, 6) is -0.427. The molecule has 49 heavy (non-hydrogen) atoms. The number of anilines is 2. The lowest BCUT2D eigenvalue weighted by molar-refractivity contribution is -0.120. The lowest BCUT2D eigenvalue weighted by Gasteiger charge is -2.36. The zero-order chi connectivity index (χ0) is 34.2. The summed E-state index contributed by atoms with van der Waals surface area (Å²) in [6.45, 7) is 14.7. The van der Waals surface area contributed by atoms with Gasteiger partial charge in [0.1, 0.15) is 6.04 Å². The maximum atomic E-state index is 13.9. The van der Waals surface area contributed by atoms with Gasteiger partial charge < -0.3 is 19.3 Å². The third-order valence-corrected chi connectivity index (χ3v) is 9.83. The number of aromatic nitrogens is 1. The molecular formula is C39H47N5O4S. The van der Waals surface area contributed by atoms with Crippen LogP contribution in [-0.4, -0.2) is 85.7 Å². The Labute approximate surface area is 293 Å².